The van der Waals surface area contributed by atoms with Crippen molar-refractivity contribution in [3.8, 4) is 5.75 Å². The highest BCUT2D eigenvalue weighted by Gasteiger charge is 2.29. The number of likely N-dealkylation sites (tertiary alicyclic amines) is 1. The number of halogens is 1. The van der Waals surface area contributed by atoms with Crippen LogP contribution in [0.1, 0.15) is 51.2 Å². The molecule has 43 heavy (non-hydrogen) atoms. The fourth-order valence-corrected chi connectivity index (χ4v) is 4.92. The zero-order valence-corrected chi connectivity index (χ0v) is 25.1. The molecule has 0 bridgehead atoms. The molecule has 2 fully saturated rings. The fraction of sp³-hybridized carbons (Fsp3) is 0.531. The molecule has 2 aliphatic rings. The first kappa shape index (κ1) is 34.0. The Hall–Kier alpha value is -3.54. The lowest BCUT2D eigenvalue weighted by atomic mass is 10.0. The lowest BCUT2D eigenvalue weighted by Crippen LogP contribution is -2.48. The Morgan fingerprint density at radius 1 is 1.00 bits per heavy atom. The second-order valence-corrected chi connectivity index (χ2v) is 11.4. The van der Waals surface area contributed by atoms with E-state index in [-0.39, 0.29) is 30.2 Å². The largest absolute Gasteiger partial charge is 0.493 e. The zero-order chi connectivity index (χ0) is 31.4. The van der Waals surface area contributed by atoms with Crippen LogP contribution < -0.4 is 4.74 Å². The van der Waals surface area contributed by atoms with Gasteiger partial charge in [0, 0.05) is 38.6 Å². The van der Waals surface area contributed by atoms with E-state index >= 15 is 0 Å². The Balaban J connectivity index is 0.000000765. The van der Waals surface area contributed by atoms with Gasteiger partial charge in [0.1, 0.15) is 11.6 Å². The summed E-state index contributed by atoms with van der Waals surface area (Å²) in [6.45, 7) is 10.9. The van der Waals surface area contributed by atoms with Gasteiger partial charge in [-0.2, -0.15) is 0 Å². The van der Waals surface area contributed by atoms with Crippen LogP contribution in [0.4, 0.5) is 4.39 Å². The summed E-state index contributed by atoms with van der Waals surface area (Å²) in [6, 6.07) is 14.4. The molecule has 2 heterocycles. The van der Waals surface area contributed by atoms with Gasteiger partial charge in [0.2, 0.25) is 5.91 Å². The van der Waals surface area contributed by atoms with Crippen LogP contribution in [0.2, 0.25) is 0 Å². The fourth-order valence-electron chi connectivity index (χ4n) is 4.92. The summed E-state index contributed by atoms with van der Waals surface area (Å²) < 4.78 is 30.7. The number of carbonyl (C=O) groups is 3. The van der Waals surface area contributed by atoms with E-state index in [1.807, 2.05) is 36.1 Å². The Kier molecular flexibility index (Phi) is 13.4. The van der Waals surface area contributed by atoms with E-state index in [9.17, 15) is 9.18 Å². The zero-order valence-electron chi connectivity index (χ0n) is 25.1. The average molecular weight is 603 g/mol. The second kappa shape index (κ2) is 16.9. The number of nitrogens with zero attached hydrogens (tertiary/aromatic N) is 2. The van der Waals surface area contributed by atoms with Crippen LogP contribution in [0.3, 0.4) is 0 Å². The maximum atomic E-state index is 13.6. The third-order valence-corrected chi connectivity index (χ3v) is 7.21. The molecule has 2 atom stereocenters. The predicted octanol–water partition coefficient (Wildman–Crippen LogP) is 4.20. The number of piperidine rings is 1. The van der Waals surface area contributed by atoms with E-state index < -0.39 is 11.9 Å². The molecule has 0 saturated carbocycles. The Bertz CT molecular complexity index is 1150. The number of benzene rings is 2. The van der Waals surface area contributed by atoms with Gasteiger partial charge in [0.25, 0.3) is 0 Å². The maximum absolute atomic E-state index is 13.6. The van der Waals surface area contributed by atoms with E-state index in [1.54, 1.807) is 12.1 Å². The highest BCUT2D eigenvalue weighted by Crippen LogP contribution is 2.23. The Morgan fingerprint density at radius 3 is 2.14 bits per heavy atom. The van der Waals surface area contributed by atoms with Gasteiger partial charge in [0.05, 0.1) is 25.7 Å². The average Bonchev–Trinajstić information content (AvgIpc) is 3.40. The topological polar surface area (TPSA) is 126 Å². The van der Waals surface area contributed by atoms with Crippen molar-refractivity contribution in [1.29, 1.82) is 0 Å². The summed E-state index contributed by atoms with van der Waals surface area (Å²) in [7, 11) is 0. The van der Waals surface area contributed by atoms with Gasteiger partial charge < -0.3 is 34.2 Å². The van der Waals surface area contributed by atoms with Gasteiger partial charge in [-0.05, 0) is 61.1 Å². The Labute approximate surface area is 252 Å². The molecule has 0 spiro atoms. The van der Waals surface area contributed by atoms with Crippen LogP contribution in [0.15, 0.2) is 48.5 Å². The van der Waals surface area contributed by atoms with Gasteiger partial charge >= 0.3 is 11.9 Å². The summed E-state index contributed by atoms with van der Waals surface area (Å²) in [5, 5.41) is 14.8. The summed E-state index contributed by atoms with van der Waals surface area (Å²) in [4.78, 5) is 36.2. The number of ether oxygens (including phenoxy) is 3. The highest BCUT2D eigenvalue weighted by molar-refractivity contribution is 6.27. The molecule has 1 amide bonds. The normalized spacial score (nSPS) is 19.0. The van der Waals surface area contributed by atoms with Gasteiger partial charge in [0.15, 0.2) is 6.29 Å². The van der Waals surface area contributed by atoms with Crippen molar-refractivity contribution >= 4 is 17.8 Å². The third kappa shape index (κ3) is 11.9. The molecule has 2 N–H and O–H groups in total. The molecule has 236 valence electrons. The van der Waals surface area contributed by atoms with Crippen molar-refractivity contribution in [2.45, 2.75) is 71.4 Å². The van der Waals surface area contributed by atoms with Gasteiger partial charge in [-0.3, -0.25) is 4.79 Å². The molecule has 1 unspecified atom stereocenters. The molecule has 2 aromatic carbocycles. The summed E-state index contributed by atoms with van der Waals surface area (Å²) >= 11 is 0. The first-order valence-corrected chi connectivity index (χ1v) is 14.7. The SMILES string of the molecule is CC(C)COc1ccc(CC(=O)N(Cc2ccc(F)cc2)C2CCN(CC[C@H]3OCC(C)O3)CC2)cc1.O=C(O)C(=O)O. The van der Waals surface area contributed by atoms with Crippen LogP contribution in [-0.4, -0.2) is 89.1 Å². The van der Waals surface area contributed by atoms with E-state index in [2.05, 4.69) is 18.7 Å². The molecule has 4 rings (SSSR count). The lowest BCUT2D eigenvalue weighted by molar-refractivity contribution is -0.159. The van der Waals surface area contributed by atoms with Crippen molar-refractivity contribution in [1.82, 2.24) is 9.80 Å². The summed E-state index contributed by atoms with van der Waals surface area (Å²) in [5.74, 6) is -2.53. The van der Waals surface area contributed by atoms with E-state index in [0.717, 1.165) is 55.8 Å². The van der Waals surface area contributed by atoms with Crippen molar-refractivity contribution < 1.29 is 43.2 Å². The third-order valence-electron chi connectivity index (χ3n) is 7.21. The number of hydrogen-bond donors (Lipinski definition) is 2. The quantitative estimate of drug-likeness (QED) is 0.364. The first-order valence-electron chi connectivity index (χ1n) is 14.7. The van der Waals surface area contributed by atoms with Crippen LogP contribution >= 0.6 is 0 Å². The van der Waals surface area contributed by atoms with Crippen molar-refractivity contribution in [2.24, 2.45) is 5.92 Å². The van der Waals surface area contributed by atoms with E-state index in [0.29, 0.717) is 32.1 Å². The molecule has 0 radical (unpaired) electrons. The Morgan fingerprint density at radius 2 is 1.60 bits per heavy atom. The minimum Gasteiger partial charge on any atom is -0.493 e. The lowest BCUT2D eigenvalue weighted by Gasteiger charge is -2.39. The number of rotatable bonds is 11. The molecule has 2 aromatic rings. The van der Waals surface area contributed by atoms with Gasteiger partial charge in [-0.15, -0.1) is 0 Å². The molecule has 0 aromatic heterocycles. The molecule has 2 saturated heterocycles. The van der Waals surface area contributed by atoms with Crippen molar-refractivity contribution in [2.75, 3.05) is 32.8 Å². The van der Waals surface area contributed by atoms with Crippen LogP contribution in [-0.2, 0) is 36.8 Å². The van der Waals surface area contributed by atoms with E-state index in [4.69, 9.17) is 34.0 Å². The molecular weight excluding hydrogens is 559 g/mol. The number of hydrogen-bond acceptors (Lipinski definition) is 7. The molecule has 0 aliphatic carbocycles. The smallest absolute Gasteiger partial charge is 0.414 e. The maximum Gasteiger partial charge on any atom is 0.414 e. The highest BCUT2D eigenvalue weighted by atomic mass is 19.1. The number of carboxylic acids is 2. The second-order valence-electron chi connectivity index (χ2n) is 11.4. The number of carboxylic acid groups (broad SMARTS) is 2. The molecule has 11 heteroatoms. The first-order chi connectivity index (χ1) is 20.5. The van der Waals surface area contributed by atoms with Crippen LogP contribution in [0, 0.1) is 11.7 Å². The molecule has 10 nitrogen and oxygen atoms in total. The van der Waals surface area contributed by atoms with Gasteiger partial charge in [-0.25, -0.2) is 14.0 Å². The van der Waals surface area contributed by atoms with Crippen LogP contribution in [0.25, 0.3) is 0 Å². The molecule has 2 aliphatic heterocycles. The predicted molar refractivity (Wildman–Crippen MR) is 157 cm³/mol. The molecular formula is C32H43FN2O8. The monoisotopic (exact) mass is 602 g/mol. The van der Waals surface area contributed by atoms with Crippen molar-refractivity contribution in [3.63, 3.8) is 0 Å². The number of amides is 1. The summed E-state index contributed by atoms with van der Waals surface area (Å²) in [6.07, 6.45) is 3.09. The minimum absolute atomic E-state index is 0.0976. The number of carbonyl (C=O) groups excluding carboxylic acids is 1. The van der Waals surface area contributed by atoms with Crippen LogP contribution in [0.5, 0.6) is 5.75 Å². The van der Waals surface area contributed by atoms with Gasteiger partial charge in [-0.1, -0.05) is 38.1 Å². The minimum atomic E-state index is -1.82. The summed E-state index contributed by atoms with van der Waals surface area (Å²) in [5.41, 5.74) is 1.91. The van der Waals surface area contributed by atoms with E-state index in [1.165, 1.54) is 12.1 Å². The van der Waals surface area contributed by atoms with Crippen molar-refractivity contribution in [3.05, 3.63) is 65.5 Å². The number of aliphatic carboxylic acids is 2. The standard InChI is InChI=1S/C30H41FN2O4.C2H2O4/c1-22(2)20-35-28-10-6-24(7-11-28)18-29(34)33(19-25-4-8-26(31)9-5-25)27-12-15-32(16-13-27)17-14-30-36-21-23(3)37-30;3-1(4)2(5)6/h4-11,22-23,27,30H,12-21H2,1-3H3;(H,3,4)(H,5,6)/t23?,30-;/m0./s1.